The van der Waals surface area contributed by atoms with E-state index in [0.717, 1.165) is 25.7 Å². The van der Waals surface area contributed by atoms with Gasteiger partial charge >= 0.3 is 0 Å². The Hall–Kier alpha value is -0.320. The molecule has 0 heterocycles. The second-order valence-corrected chi connectivity index (χ2v) is 6.03. The van der Waals surface area contributed by atoms with Gasteiger partial charge in [-0.2, -0.15) is 0 Å². The molecule has 0 bridgehead atoms. The Morgan fingerprint density at radius 2 is 2.00 bits per heavy atom. The van der Waals surface area contributed by atoms with Gasteiger partial charge < -0.3 is 16.2 Å². The predicted molar refractivity (Wildman–Crippen MR) is 84.9 cm³/mol. The minimum absolute atomic E-state index is 0. The zero-order chi connectivity index (χ0) is 14.1. The summed E-state index contributed by atoms with van der Waals surface area (Å²) in [5.74, 6) is 0.512. The van der Waals surface area contributed by atoms with Crippen molar-refractivity contribution in [2.75, 3.05) is 19.7 Å². The molecule has 1 amide bonds. The molecule has 0 aromatic carbocycles. The van der Waals surface area contributed by atoms with Crippen molar-refractivity contribution in [1.29, 1.82) is 0 Å². The molecule has 5 heteroatoms. The van der Waals surface area contributed by atoms with Crippen LogP contribution in [0.2, 0.25) is 0 Å². The summed E-state index contributed by atoms with van der Waals surface area (Å²) in [6.45, 7) is 3.58. The second-order valence-electron chi connectivity index (χ2n) is 6.03. The maximum absolute atomic E-state index is 12.1. The van der Waals surface area contributed by atoms with E-state index in [2.05, 4.69) is 12.2 Å². The van der Waals surface area contributed by atoms with Crippen LogP contribution in [0.15, 0.2) is 0 Å². The third-order valence-corrected chi connectivity index (χ3v) is 4.59. The zero-order valence-electron chi connectivity index (χ0n) is 12.7. The number of nitrogens with one attached hydrogen (secondary N) is 1. The highest BCUT2D eigenvalue weighted by molar-refractivity contribution is 5.85. The summed E-state index contributed by atoms with van der Waals surface area (Å²) in [7, 11) is 0. The third-order valence-electron chi connectivity index (χ3n) is 4.59. The molecule has 1 fully saturated rings. The van der Waals surface area contributed by atoms with E-state index in [1.165, 1.54) is 19.3 Å². The monoisotopic (exact) mass is 306 g/mol. The van der Waals surface area contributed by atoms with Crippen LogP contribution in [0.3, 0.4) is 0 Å². The number of hydrogen-bond donors (Lipinski definition) is 3. The Kier molecular flexibility index (Phi) is 10.2. The summed E-state index contributed by atoms with van der Waals surface area (Å²) in [4.78, 5) is 12.1. The molecule has 0 aromatic heterocycles. The number of nitrogens with two attached hydrogens (primary N) is 1. The van der Waals surface area contributed by atoms with Crippen molar-refractivity contribution in [3.63, 3.8) is 0 Å². The average Bonchev–Trinajstić information content (AvgIpc) is 2.44. The Morgan fingerprint density at radius 1 is 1.35 bits per heavy atom. The lowest BCUT2D eigenvalue weighted by molar-refractivity contribution is -0.124. The Labute approximate surface area is 129 Å². The van der Waals surface area contributed by atoms with Crippen molar-refractivity contribution in [2.24, 2.45) is 17.1 Å². The number of aliphatic hydroxyl groups is 1. The van der Waals surface area contributed by atoms with Crippen molar-refractivity contribution in [1.82, 2.24) is 5.32 Å². The molecule has 4 nitrogen and oxygen atoms in total. The fourth-order valence-electron chi connectivity index (χ4n) is 3.05. The van der Waals surface area contributed by atoms with Gasteiger partial charge in [0.2, 0.25) is 5.91 Å². The largest absolute Gasteiger partial charge is 0.396 e. The first-order valence-electron chi connectivity index (χ1n) is 7.73. The SMILES string of the molecule is CCC(CCO)CNC(=O)CC1(CN)CCCCC1.Cl. The van der Waals surface area contributed by atoms with Crippen molar-refractivity contribution >= 4 is 18.3 Å². The lowest BCUT2D eigenvalue weighted by atomic mass is 9.71. The highest BCUT2D eigenvalue weighted by Crippen LogP contribution is 2.38. The third kappa shape index (κ3) is 6.42. The molecule has 1 aliphatic carbocycles. The molecule has 20 heavy (non-hydrogen) atoms. The normalized spacial score (nSPS) is 18.9. The Balaban J connectivity index is 0.00000361. The molecule has 120 valence electrons. The number of carbonyl (C=O) groups excluding carboxylic acids is 1. The summed E-state index contributed by atoms with van der Waals surface area (Å²) >= 11 is 0. The molecule has 1 aliphatic rings. The minimum atomic E-state index is 0. The summed E-state index contributed by atoms with van der Waals surface area (Å²) in [6, 6.07) is 0. The van der Waals surface area contributed by atoms with Crippen LogP contribution in [0, 0.1) is 11.3 Å². The summed E-state index contributed by atoms with van der Waals surface area (Å²) < 4.78 is 0. The van der Waals surface area contributed by atoms with Crippen LogP contribution in [-0.2, 0) is 4.79 Å². The zero-order valence-corrected chi connectivity index (χ0v) is 13.5. The van der Waals surface area contributed by atoms with Gasteiger partial charge in [0.05, 0.1) is 0 Å². The molecule has 1 rings (SSSR count). The number of aliphatic hydroxyl groups excluding tert-OH is 1. The molecule has 0 aromatic rings. The van der Waals surface area contributed by atoms with Crippen LogP contribution >= 0.6 is 12.4 Å². The Bertz CT molecular complexity index is 269. The van der Waals surface area contributed by atoms with Gasteiger partial charge in [0.25, 0.3) is 0 Å². The van der Waals surface area contributed by atoms with Gasteiger partial charge in [-0.1, -0.05) is 32.6 Å². The van der Waals surface area contributed by atoms with Crippen LogP contribution in [0.4, 0.5) is 0 Å². The molecule has 1 unspecified atom stereocenters. The second kappa shape index (κ2) is 10.4. The molecule has 0 aliphatic heterocycles. The lowest BCUT2D eigenvalue weighted by Gasteiger charge is -2.35. The molecule has 1 saturated carbocycles. The first kappa shape index (κ1) is 19.7. The molecule has 0 spiro atoms. The van der Waals surface area contributed by atoms with Gasteiger partial charge in [-0.25, -0.2) is 0 Å². The molecule has 0 saturated heterocycles. The van der Waals surface area contributed by atoms with Crippen LogP contribution in [0.25, 0.3) is 0 Å². The van der Waals surface area contributed by atoms with Gasteiger partial charge in [0, 0.05) is 19.6 Å². The molecule has 0 radical (unpaired) electrons. The van der Waals surface area contributed by atoms with Gasteiger partial charge in [0.1, 0.15) is 0 Å². The molecular weight excluding hydrogens is 276 g/mol. The van der Waals surface area contributed by atoms with E-state index in [4.69, 9.17) is 10.8 Å². The maximum atomic E-state index is 12.1. The summed E-state index contributed by atoms with van der Waals surface area (Å²) in [5.41, 5.74) is 5.95. The average molecular weight is 307 g/mol. The van der Waals surface area contributed by atoms with Crippen LogP contribution in [-0.4, -0.2) is 30.7 Å². The highest BCUT2D eigenvalue weighted by atomic mass is 35.5. The van der Waals surface area contributed by atoms with E-state index in [9.17, 15) is 4.79 Å². The highest BCUT2D eigenvalue weighted by Gasteiger charge is 2.32. The fourth-order valence-corrected chi connectivity index (χ4v) is 3.05. The lowest BCUT2D eigenvalue weighted by Crippen LogP contribution is -2.39. The van der Waals surface area contributed by atoms with Crippen LogP contribution in [0.5, 0.6) is 0 Å². The van der Waals surface area contributed by atoms with Crippen LogP contribution < -0.4 is 11.1 Å². The number of amides is 1. The number of hydrogen-bond acceptors (Lipinski definition) is 3. The quantitative estimate of drug-likeness (QED) is 0.644. The van der Waals surface area contributed by atoms with Crippen molar-refractivity contribution in [3.8, 4) is 0 Å². The first-order chi connectivity index (χ1) is 9.15. The van der Waals surface area contributed by atoms with E-state index in [1.54, 1.807) is 0 Å². The van der Waals surface area contributed by atoms with Gasteiger partial charge in [-0.3, -0.25) is 4.79 Å². The first-order valence-corrected chi connectivity index (χ1v) is 7.73. The maximum Gasteiger partial charge on any atom is 0.220 e. The number of halogens is 1. The van der Waals surface area contributed by atoms with E-state index < -0.39 is 0 Å². The molecular formula is C15H31ClN2O2. The van der Waals surface area contributed by atoms with E-state index >= 15 is 0 Å². The van der Waals surface area contributed by atoms with E-state index in [0.29, 0.717) is 25.4 Å². The number of carbonyl (C=O) groups is 1. The van der Waals surface area contributed by atoms with Gasteiger partial charge in [-0.15, -0.1) is 12.4 Å². The molecule has 1 atom stereocenters. The minimum Gasteiger partial charge on any atom is -0.396 e. The predicted octanol–water partition coefficient (Wildman–Crippen LogP) is 2.23. The van der Waals surface area contributed by atoms with Crippen molar-refractivity contribution in [3.05, 3.63) is 0 Å². The van der Waals surface area contributed by atoms with Crippen LogP contribution in [0.1, 0.15) is 58.3 Å². The van der Waals surface area contributed by atoms with Gasteiger partial charge in [0.15, 0.2) is 0 Å². The van der Waals surface area contributed by atoms with Gasteiger partial charge in [-0.05, 0) is 37.1 Å². The smallest absolute Gasteiger partial charge is 0.220 e. The summed E-state index contributed by atoms with van der Waals surface area (Å²) in [5, 5.41) is 12.0. The molecule has 4 N–H and O–H groups in total. The topological polar surface area (TPSA) is 75.3 Å². The van der Waals surface area contributed by atoms with E-state index in [-0.39, 0.29) is 30.3 Å². The fraction of sp³-hybridized carbons (Fsp3) is 0.933. The van der Waals surface area contributed by atoms with Crippen molar-refractivity contribution < 1.29 is 9.90 Å². The Morgan fingerprint density at radius 3 is 2.50 bits per heavy atom. The number of rotatable bonds is 8. The van der Waals surface area contributed by atoms with Crippen molar-refractivity contribution in [2.45, 2.75) is 58.3 Å². The standard InChI is InChI=1S/C15H30N2O2.ClH/c1-2-13(6-9-18)11-17-14(19)10-15(12-16)7-4-3-5-8-15;/h13,18H,2-12,16H2,1H3,(H,17,19);1H. The van der Waals surface area contributed by atoms with E-state index in [1.807, 2.05) is 0 Å². The summed E-state index contributed by atoms with van der Waals surface area (Å²) in [6.07, 6.45) is 8.17.